The van der Waals surface area contributed by atoms with Crippen molar-refractivity contribution in [2.75, 3.05) is 0 Å². The molecule has 0 aliphatic carbocycles. The fourth-order valence-corrected chi connectivity index (χ4v) is 1.59. The van der Waals surface area contributed by atoms with Crippen LogP contribution in [0.4, 0.5) is 0 Å². The molecule has 0 radical (unpaired) electrons. The maximum Gasteiger partial charge on any atom is 0.276 e. The van der Waals surface area contributed by atoms with Crippen LogP contribution in [0.15, 0.2) is 16.7 Å². The third kappa shape index (κ3) is 2.23. The van der Waals surface area contributed by atoms with Gasteiger partial charge in [0.25, 0.3) is 5.89 Å². The van der Waals surface area contributed by atoms with Crippen LogP contribution in [0.3, 0.4) is 0 Å². The first-order valence-corrected chi connectivity index (χ1v) is 5.65. The first-order valence-electron chi connectivity index (χ1n) is 4.53. The number of rotatable bonds is 2. The maximum atomic E-state index is 5.10. The van der Waals surface area contributed by atoms with E-state index in [1.807, 2.05) is 26.0 Å². The van der Waals surface area contributed by atoms with Gasteiger partial charge in [0.15, 0.2) is 5.82 Å². The van der Waals surface area contributed by atoms with Gasteiger partial charge in [0.2, 0.25) is 0 Å². The summed E-state index contributed by atoms with van der Waals surface area (Å²) in [5.41, 5.74) is 2.81. The highest BCUT2D eigenvalue weighted by atomic mass is 79.9. The summed E-state index contributed by atoms with van der Waals surface area (Å²) in [7, 11) is 0. The van der Waals surface area contributed by atoms with Gasteiger partial charge in [-0.2, -0.15) is 4.98 Å². The third-order valence-corrected chi connectivity index (χ3v) is 2.41. The lowest BCUT2D eigenvalue weighted by atomic mass is 10.2. The lowest BCUT2D eigenvalue weighted by Gasteiger charge is -1.98. The SMILES string of the molecule is Cc1cc(C)nc(-c2nc(CBr)no2)c1. The summed E-state index contributed by atoms with van der Waals surface area (Å²) in [5, 5.41) is 4.38. The van der Waals surface area contributed by atoms with E-state index in [0.29, 0.717) is 17.0 Å². The summed E-state index contributed by atoms with van der Waals surface area (Å²) in [5.74, 6) is 1.10. The summed E-state index contributed by atoms with van der Waals surface area (Å²) in [6.07, 6.45) is 0. The van der Waals surface area contributed by atoms with Crippen LogP contribution in [0.5, 0.6) is 0 Å². The van der Waals surface area contributed by atoms with Crippen LogP contribution in [-0.2, 0) is 5.33 Å². The highest BCUT2D eigenvalue weighted by Gasteiger charge is 2.09. The minimum Gasteiger partial charge on any atom is -0.332 e. The molecule has 0 amide bonds. The van der Waals surface area contributed by atoms with Crippen molar-refractivity contribution in [3.05, 3.63) is 29.2 Å². The largest absolute Gasteiger partial charge is 0.332 e. The molecule has 0 aliphatic heterocycles. The van der Waals surface area contributed by atoms with Gasteiger partial charge < -0.3 is 4.52 Å². The van der Waals surface area contributed by atoms with E-state index in [4.69, 9.17) is 4.52 Å². The molecule has 0 atom stereocenters. The van der Waals surface area contributed by atoms with Gasteiger partial charge in [-0.1, -0.05) is 21.1 Å². The van der Waals surface area contributed by atoms with Crippen molar-refractivity contribution < 1.29 is 4.52 Å². The normalized spacial score (nSPS) is 10.6. The lowest BCUT2D eigenvalue weighted by molar-refractivity contribution is 0.424. The van der Waals surface area contributed by atoms with Crippen LogP contribution < -0.4 is 0 Å². The Morgan fingerprint density at radius 2 is 2.07 bits per heavy atom. The van der Waals surface area contributed by atoms with Crippen molar-refractivity contribution in [3.63, 3.8) is 0 Å². The van der Waals surface area contributed by atoms with Crippen LogP contribution in [0, 0.1) is 13.8 Å². The van der Waals surface area contributed by atoms with E-state index < -0.39 is 0 Å². The molecular formula is C10H10BrN3O. The zero-order valence-corrected chi connectivity index (χ0v) is 10.1. The summed E-state index contributed by atoms with van der Waals surface area (Å²) in [4.78, 5) is 8.53. The molecular weight excluding hydrogens is 258 g/mol. The number of pyridine rings is 1. The van der Waals surface area contributed by atoms with Gasteiger partial charge in [0, 0.05) is 5.69 Å². The molecule has 0 bridgehead atoms. The van der Waals surface area contributed by atoms with Crippen molar-refractivity contribution in [1.29, 1.82) is 0 Å². The lowest BCUT2D eigenvalue weighted by Crippen LogP contribution is -1.89. The van der Waals surface area contributed by atoms with E-state index in [9.17, 15) is 0 Å². The van der Waals surface area contributed by atoms with E-state index in [1.54, 1.807) is 0 Å². The van der Waals surface area contributed by atoms with Crippen LogP contribution in [0.2, 0.25) is 0 Å². The van der Waals surface area contributed by atoms with Gasteiger partial charge in [-0.25, -0.2) is 4.98 Å². The number of nitrogens with zero attached hydrogens (tertiary/aromatic N) is 3. The standard InChI is InChI=1S/C10H10BrN3O/c1-6-3-7(2)12-8(4-6)10-13-9(5-11)14-15-10/h3-4H,5H2,1-2H3. The molecule has 4 nitrogen and oxygen atoms in total. The summed E-state index contributed by atoms with van der Waals surface area (Å²) >= 11 is 3.27. The number of aromatic nitrogens is 3. The van der Waals surface area contributed by atoms with Gasteiger partial charge in [-0.3, -0.25) is 0 Å². The molecule has 0 aromatic carbocycles. The Morgan fingerprint density at radius 3 is 2.67 bits per heavy atom. The molecule has 0 fully saturated rings. The predicted molar refractivity (Wildman–Crippen MR) is 59.6 cm³/mol. The molecule has 5 heteroatoms. The fourth-order valence-electron chi connectivity index (χ4n) is 1.36. The first-order chi connectivity index (χ1) is 7.19. The van der Waals surface area contributed by atoms with E-state index in [1.165, 1.54) is 0 Å². The van der Waals surface area contributed by atoms with Crippen LogP contribution >= 0.6 is 15.9 Å². The molecule has 2 heterocycles. The second kappa shape index (κ2) is 4.10. The number of hydrogen-bond donors (Lipinski definition) is 0. The second-order valence-corrected chi connectivity index (χ2v) is 3.88. The fraction of sp³-hybridized carbons (Fsp3) is 0.300. The smallest absolute Gasteiger partial charge is 0.276 e. The zero-order valence-electron chi connectivity index (χ0n) is 8.49. The summed E-state index contributed by atoms with van der Waals surface area (Å²) < 4.78 is 5.10. The topological polar surface area (TPSA) is 51.8 Å². The first kappa shape index (κ1) is 10.3. The van der Waals surface area contributed by atoms with E-state index in [0.717, 1.165) is 17.0 Å². The zero-order chi connectivity index (χ0) is 10.8. The van der Waals surface area contributed by atoms with Gasteiger partial charge >= 0.3 is 0 Å². The molecule has 2 rings (SSSR count). The monoisotopic (exact) mass is 267 g/mol. The highest BCUT2D eigenvalue weighted by molar-refractivity contribution is 9.08. The Balaban J connectivity index is 2.44. The molecule has 15 heavy (non-hydrogen) atoms. The van der Waals surface area contributed by atoms with Crippen molar-refractivity contribution in [2.45, 2.75) is 19.2 Å². The van der Waals surface area contributed by atoms with Gasteiger partial charge in [0.05, 0.1) is 5.33 Å². The minimum atomic E-state index is 0.469. The Hall–Kier alpha value is -1.23. The highest BCUT2D eigenvalue weighted by Crippen LogP contribution is 2.17. The Labute approximate surface area is 95.9 Å². The molecule has 2 aromatic rings. The van der Waals surface area contributed by atoms with Crippen molar-refractivity contribution in [1.82, 2.24) is 15.1 Å². The number of alkyl halides is 1. The minimum absolute atomic E-state index is 0.469. The van der Waals surface area contributed by atoms with E-state index in [-0.39, 0.29) is 0 Å². The van der Waals surface area contributed by atoms with E-state index >= 15 is 0 Å². The van der Waals surface area contributed by atoms with Crippen LogP contribution in [0.1, 0.15) is 17.1 Å². The molecule has 2 aromatic heterocycles. The number of halogens is 1. The predicted octanol–water partition coefficient (Wildman–Crippen LogP) is 2.64. The van der Waals surface area contributed by atoms with Crippen LogP contribution in [0.25, 0.3) is 11.6 Å². The molecule has 0 saturated carbocycles. The molecule has 0 spiro atoms. The van der Waals surface area contributed by atoms with Crippen molar-refractivity contribution in [3.8, 4) is 11.6 Å². The summed E-state index contributed by atoms with van der Waals surface area (Å²) in [6.45, 7) is 3.96. The Bertz CT molecular complexity index is 461. The molecule has 78 valence electrons. The number of hydrogen-bond acceptors (Lipinski definition) is 4. The summed E-state index contributed by atoms with van der Waals surface area (Å²) in [6, 6.07) is 3.93. The average molecular weight is 268 g/mol. The maximum absolute atomic E-state index is 5.10. The second-order valence-electron chi connectivity index (χ2n) is 3.32. The van der Waals surface area contributed by atoms with Crippen molar-refractivity contribution in [2.24, 2.45) is 0 Å². The molecule has 0 aliphatic rings. The van der Waals surface area contributed by atoms with E-state index in [2.05, 4.69) is 31.1 Å². The van der Waals surface area contributed by atoms with Gasteiger partial charge in [-0.15, -0.1) is 0 Å². The quantitative estimate of drug-likeness (QED) is 0.785. The van der Waals surface area contributed by atoms with Gasteiger partial charge in [0.1, 0.15) is 5.69 Å². The Morgan fingerprint density at radius 1 is 1.27 bits per heavy atom. The van der Waals surface area contributed by atoms with Gasteiger partial charge in [-0.05, 0) is 31.5 Å². The van der Waals surface area contributed by atoms with Crippen molar-refractivity contribution >= 4 is 15.9 Å². The third-order valence-electron chi connectivity index (χ3n) is 1.90. The average Bonchev–Trinajstić information content (AvgIpc) is 2.64. The molecule has 0 unspecified atom stereocenters. The molecule has 0 saturated heterocycles. The molecule has 0 N–H and O–H groups in total. The van der Waals surface area contributed by atoms with Crippen LogP contribution in [-0.4, -0.2) is 15.1 Å². The number of aryl methyl sites for hydroxylation is 2. The Kier molecular flexibility index (Phi) is 2.81.